The molecule has 0 unspecified atom stereocenters. The second-order valence-electron chi connectivity index (χ2n) is 5.16. The molecule has 0 spiro atoms. The third kappa shape index (κ3) is 2.03. The van der Waals surface area contributed by atoms with Gasteiger partial charge in [0, 0.05) is 30.3 Å². The first kappa shape index (κ1) is 13.9. The maximum Gasteiger partial charge on any atom is 0.235 e. The van der Waals surface area contributed by atoms with E-state index in [4.69, 9.17) is 9.47 Å². The van der Waals surface area contributed by atoms with E-state index >= 15 is 0 Å². The molecule has 1 fully saturated rings. The molecule has 20 heavy (non-hydrogen) atoms. The summed E-state index contributed by atoms with van der Waals surface area (Å²) in [6.45, 7) is 0. The third-order valence-electron chi connectivity index (χ3n) is 4.21. The van der Waals surface area contributed by atoms with Crippen LogP contribution >= 0.6 is 11.8 Å². The Morgan fingerprint density at radius 1 is 1.15 bits per heavy atom. The number of methoxy groups -OCH3 is 2. The van der Waals surface area contributed by atoms with Crippen molar-refractivity contribution >= 4 is 17.5 Å². The van der Waals surface area contributed by atoms with Crippen molar-refractivity contribution in [2.75, 3.05) is 14.2 Å². The Morgan fingerprint density at radius 3 is 2.45 bits per heavy atom. The normalized spacial score (nSPS) is 30.7. The number of benzene rings is 1. The molecule has 0 aromatic heterocycles. The largest absolute Gasteiger partial charge is 0.347 e. The van der Waals surface area contributed by atoms with E-state index in [9.17, 15) is 4.79 Å². The average Bonchev–Trinajstić information content (AvgIpc) is 2.50. The Kier molecular flexibility index (Phi) is 3.71. The molecule has 0 N–H and O–H groups in total. The lowest BCUT2D eigenvalue weighted by molar-refractivity contribution is -0.234. The van der Waals surface area contributed by atoms with Crippen LogP contribution in [-0.2, 0) is 14.3 Å². The Balaban J connectivity index is 1.84. The van der Waals surface area contributed by atoms with E-state index < -0.39 is 5.79 Å². The van der Waals surface area contributed by atoms with E-state index in [1.165, 1.54) is 4.90 Å². The first-order valence-corrected chi connectivity index (χ1v) is 7.64. The number of fused-ring (bicyclic) bond motifs is 2. The van der Waals surface area contributed by atoms with Gasteiger partial charge in [0.15, 0.2) is 5.78 Å². The van der Waals surface area contributed by atoms with Gasteiger partial charge in [0.2, 0.25) is 5.79 Å². The van der Waals surface area contributed by atoms with Gasteiger partial charge in [-0.2, -0.15) is 0 Å². The summed E-state index contributed by atoms with van der Waals surface area (Å²) in [5, 5.41) is 0.262. The minimum absolute atomic E-state index is 0.00351. The molecule has 2 bridgehead atoms. The van der Waals surface area contributed by atoms with Crippen molar-refractivity contribution in [1.82, 2.24) is 0 Å². The lowest BCUT2D eigenvalue weighted by Gasteiger charge is -2.47. The van der Waals surface area contributed by atoms with Gasteiger partial charge in [-0.3, -0.25) is 4.79 Å². The Morgan fingerprint density at radius 2 is 1.85 bits per heavy atom. The molecule has 4 heteroatoms. The molecule has 1 aromatic carbocycles. The highest BCUT2D eigenvalue weighted by Crippen LogP contribution is 2.48. The van der Waals surface area contributed by atoms with Crippen molar-refractivity contribution in [2.45, 2.75) is 22.4 Å². The van der Waals surface area contributed by atoms with Gasteiger partial charge < -0.3 is 9.47 Å². The summed E-state index contributed by atoms with van der Waals surface area (Å²) in [5.74, 6) is -1.16. The number of hydrogen-bond acceptors (Lipinski definition) is 4. The molecule has 1 saturated carbocycles. The van der Waals surface area contributed by atoms with Crippen LogP contribution in [0.4, 0.5) is 0 Å². The molecule has 0 aliphatic heterocycles. The Hall–Kier alpha value is -1.10. The van der Waals surface area contributed by atoms with Gasteiger partial charge in [-0.05, 0) is 18.6 Å². The lowest BCUT2D eigenvalue weighted by Crippen LogP contribution is -2.59. The fraction of sp³-hybridized carbons (Fsp3) is 0.438. The highest BCUT2D eigenvalue weighted by molar-refractivity contribution is 8.00. The van der Waals surface area contributed by atoms with E-state index in [1.54, 1.807) is 26.0 Å². The SMILES string of the molecule is COC1(OC)C(=O)[C@H]2C=C[C@@H]1C[C@H]2Sc1ccccc1. The zero-order valence-corrected chi connectivity index (χ0v) is 12.4. The fourth-order valence-corrected chi connectivity index (χ4v) is 4.52. The summed E-state index contributed by atoms with van der Waals surface area (Å²) < 4.78 is 10.9. The van der Waals surface area contributed by atoms with E-state index in [2.05, 4.69) is 18.2 Å². The number of carbonyl (C=O) groups is 1. The second-order valence-corrected chi connectivity index (χ2v) is 6.47. The van der Waals surface area contributed by atoms with Crippen molar-refractivity contribution in [2.24, 2.45) is 11.8 Å². The van der Waals surface area contributed by atoms with Crippen LogP contribution in [-0.4, -0.2) is 31.0 Å². The summed E-state index contributed by atoms with van der Waals surface area (Å²) in [4.78, 5) is 13.9. The molecule has 0 radical (unpaired) electrons. The molecule has 3 aliphatic rings. The third-order valence-corrected chi connectivity index (χ3v) is 5.54. The molecule has 0 amide bonds. The molecule has 0 heterocycles. The zero-order valence-electron chi connectivity index (χ0n) is 11.6. The number of thioether (sulfide) groups is 1. The van der Waals surface area contributed by atoms with Crippen molar-refractivity contribution in [3.8, 4) is 0 Å². The summed E-state index contributed by atoms with van der Waals surface area (Å²) >= 11 is 1.77. The van der Waals surface area contributed by atoms with Gasteiger partial charge in [0.1, 0.15) is 0 Å². The lowest BCUT2D eigenvalue weighted by atomic mass is 9.70. The van der Waals surface area contributed by atoms with Crippen LogP contribution in [0.5, 0.6) is 0 Å². The quantitative estimate of drug-likeness (QED) is 0.631. The van der Waals surface area contributed by atoms with Gasteiger partial charge in [-0.1, -0.05) is 30.4 Å². The van der Waals surface area contributed by atoms with Gasteiger partial charge in [0.25, 0.3) is 0 Å². The van der Waals surface area contributed by atoms with E-state index in [-0.39, 0.29) is 22.9 Å². The summed E-state index contributed by atoms with van der Waals surface area (Å²) in [6.07, 6.45) is 4.99. The molecule has 3 atom stereocenters. The van der Waals surface area contributed by atoms with Gasteiger partial charge in [-0.15, -0.1) is 11.8 Å². The van der Waals surface area contributed by atoms with Crippen molar-refractivity contribution < 1.29 is 14.3 Å². The smallest absolute Gasteiger partial charge is 0.235 e. The molecule has 4 rings (SSSR count). The number of Topliss-reactive ketones (excluding diaryl/α,β-unsaturated/α-hetero) is 1. The van der Waals surface area contributed by atoms with Crippen LogP contribution < -0.4 is 0 Å². The van der Waals surface area contributed by atoms with E-state index in [0.717, 1.165) is 6.42 Å². The highest BCUT2D eigenvalue weighted by atomic mass is 32.2. The summed E-state index contributed by atoms with van der Waals surface area (Å²) in [6, 6.07) is 10.2. The minimum atomic E-state index is -1.08. The van der Waals surface area contributed by atoms with Crippen LogP contribution in [0.15, 0.2) is 47.4 Å². The molecular weight excluding hydrogens is 272 g/mol. The monoisotopic (exact) mass is 290 g/mol. The average molecular weight is 290 g/mol. The molecule has 3 aliphatic carbocycles. The van der Waals surface area contributed by atoms with Gasteiger partial charge in [-0.25, -0.2) is 0 Å². The first-order chi connectivity index (χ1) is 9.71. The van der Waals surface area contributed by atoms with Crippen LogP contribution in [0.25, 0.3) is 0 Å². The number of carbonyl (C=O) groups excluding carboxylic acids is 1. The number of hydrogen-bond donors (Lipinski definition) is 0. The Labute approximate surface area is 123 Å². The van der Waals surface area contributed by atoms with E-state index in [1.807, 2.05) is 24.3 Å². The van der Waals surface area contributed by atoms with Crippen LogP contribution in [0, 0.1) is 11.8 Å². The fourth-order valence-electron chi connectivity index (χ4n) is 3.19. The minimum Gasteiger partial charge on any atom is -0.347 e. The summed E-state index contributed by atoms with van der Waals surface area (Å²) in [7, 11) is 3.10. The molecule has 3 nitrogen and oxygen atoms in total. The number of rotatable bonds is 4. The predicted octanol–water partition coefficient (Wildman–Crippen LogP) is 2.91. The first-order valence-electron chi connectivity index (χ1n) is 6.76. The standard InChI is InChI=1S/C16H18O3S/c1-18-16(19-2)11-8-9-13(15(16)17)14(10-11)20-12-6-4-3-5-7-12/h3-9,11,13-14H,10H2,1-2H3/t11-,13+,14-/m1/s1. The Bertz CT molecular complexity index is 522. The van der Waals surface area contributed by atoms with Crippen LogP contribution in [0.1, 0.15) is 6.42 Å². The number of ketones is 1. The predicted molar refractivity (Wildman–Crippen MR) is 78.6 cm³/mol. The molecule has 106 valence electrons. The van der Waals surface area contributed by atoms with Gasteiger partial charge in [0.05, 0.1) is 5.92 Å². The molecule has 0 saturated heterocycles. The maximum atomic E-state index is 12.7. The maximum absolute atomic E-state index is 12.7. The second kappa shape index (κ2) is 5.35. The van der Waals surface area contributed by atoms with E-state index in [0.29, 0.717) is 0 Å². The van der Waals surface area contributed by atoms with Gasteiger partial charge >= 0.3 is 0 Å². The topological polar surface area (TPSA) is 35.5 Å². The van der Waals surface area contributed by atoms with Crippen molar-refractivity contribution in [1.29, 1.82) is 0 Å². The molecular formula is C16H18O3S. The summed E-state index contributed by atoms with van der Waals surface area (Å²) in [5.41, 5.74) is 0. The molecule has 1 aromatic rings. The highest BCUT2D eigenvalue weighted by Gasteiger charge is 2.57. The van der Waals surface area contributed by atoms with Crippen LogP contribution in [0.2, 0.25) is 0 Å². The number of allylic oxidation sites excluding steroid dienone is 1. The van der Waals surface area contributed by atoms with Crippen molar-refractivity contribution in [3.05, 3.63) is 42.5 Å². The van der Waals surface area contributed by atoms with Crippen LogP contribution in [0.3, 0.4) is 0 Å². The number of ether oxygens (including phenoxy) is 2. The zero-order chi connectivity index (χ0) is 14.2. The van der Waals surface area contributed by atoms with Crippen molar-refractivity contribution in [3.63, 3.8) is 0 Å².